The van der Waals surface area contributed by atoms with Crippen LogP contribution in [-0.4, -0.2) is 24.7 Å². The molecule has 1 N–H and O–H groups in total. The fourth-order valence-corrected chi connectivity index (χ4v) is 2.51. The van der Waals surface area contributed by atoms with Crippen molar-refractivity contribution in [1.29, 1.82) is 0 Å². The zero-order chi connectivity index (χ0) is 13.5. The van der Waals surface area contributed by atoms with Crippen molar-refractivity contribution in [2.45, 2.75) is 51.2 Å². The molecule has 2 rings (SSSR count). The summed E-state index contributed by atoms with van der Waals surface area (Å²) in [7, 11) is 0. The Labute approximate surface area is 127 Å². The molecule has 4 heteroatoms. The highest BCUT2D eigenvalue weighted by atomic mass is 35.5. The Balaban J connectivity index is 0.00000200. The van der Waals surface area contributed by atoms with Gasteiger partial charge in [-0.3, -0.25) is 0 Å². The molecule has 1 aromatic carbocycles. The van der Waals surface area contributed by atoms with Crippen LogP contribution in [0.3, 0.4) is 0 Å². The van der Waals surface area contributed by atoms with Crippen molar-refractivity contribution in [1.82, 2.24) is 5.32 Å². The molecular weight excluding hydrogens is 274 g/mol. The third-order valence-corrected chi connectivity index (χ3v) is 3.62. The highest BCUT2D eigenvalue weighted by Gasteiger charge is 2.16. The molecule has 0 radical (unpaired) electrons. The van der Waals surface area contributed by atoms with Gasteiger partial charge in [-0.2, -0.15) is 0 Å². The number of esters is 1. The van der Waals surface area contributed by atoms with E-state index in [2.05, 4.69) is 5.32 Å². The lowest BCUT2D eigenvalue weighted by Gasteiger charge is -2.24. The Hall–Kier alpha value is -1.06. The minimum absolute atomic E-state index is 0. The number of rotatable bonds is 5. The molecule has 1 saturated carbocycles. The van der Waals surface area contributed by atoms with Crippen molar-refractivity contribution in [2.24, 2.45) is 0 Å². The highest BCUT2D eigenvalue weighted by molar-refractivity contribution is 5.89. The second-order valence-electron chi connectivity index (χ2n) is 5.33. The summed E-state index contributed by atoms with van der Waals surface area (Å²) in [6.07, 6.45) is 6.40. The van der Waals surface area contributed by atoms with Gasteiger partial charge in [0, 0.05) is 12.6 Å². The standard InChI is InChI=1S/C16H23NO2.ClH/c1-13(12-17-15-10-6-3-7-11-15)19-16(18)14-8-4-2-5-9-14;/h2,4-5,8-9,13,15,17H,3,6-7,10-12H2,1H3;1H/p-1. The molecule has 20 heavy (non-hydrogen) atoms. The van der Waals surface area contributed by atoms with E-state index in [9.17, 15) is 4.79 Å². The van der Waals surface area contributed by atoms with Crippen molar-refractivity contribution in [3.63, 3.8) is 0 Å². The van der Waals surface area contributed by atoms with E-state index in [1.165, 1.54) is 32.1 Å². The predicted molar refractivity (Wildman–Crippen MR) is 76.2 cm³/mol. The number of ether oxygens (including phenoxy) is 1. The molecule has 1 fully saturated rings. The van der Waals surface area contributed by atoms with Crippen LogP contribution in [0.25, 0.3) is 0 Å². The molecule has 0 saturated heterocycles. The SMILES string of the molecule is CC(CNC1CCCCC1)OC(=O)c1ccccc1.[Cl-]. The first-order chi connectivity index (χ1) is 9.25. The lowest BCUT2D eigenvalue weighted by molar-refractivity contribution is -0.0000329. The lowest BCUT2D eigenvalue weighted by atomic mass is 9.95. The van der Waals surface area contributed by atoms with Crippen molar-refractivity contribution in [3.8, 4) is 0 Å². The largest absolute Gasteiger partial charge is 1.00 e. The first kappa shape index (κ1) is 17.0. The van der Waals surface area contributed by atoms with Crippen molar-refractivity contribution in [3.05, 3.63) is 35.9 Å². The van der Waals surface area contributed by atoms with Gasteiger partial charge in [-0.25, -0.2) is 4.79 Å². The van der Waals surface area contributed by atoms with Gasteiger partial charge in [0.2, 0.25) is 0 Å². The Bertz CT molecular complexity index is 391. The van der Waals surface area contributed by atoms with Gasteiger partial charge >= 0.3 is 5.97 Å². The van der Waals surface area contributed by atoms with Crippen LogP contribution in [0.1, 0.15) is 49.4 Å². The molecule has 1 aliphatic carbocycles. The summed E-state index contributed by atoms with van der Waals surface area (Å²) in [5.74, 6) is -0.237. The monoisotopic (exact) mass is 296 g/mol. The zero-order valence-corrected chi connectivity index (χ0v) is 12.7. The van der Waals surface area contributed by atoms with Gasteiger partial charge in [0.05, 0.1) is 5.56 Å². The number of carbonyl (C=O) groups is 1. The van der Waals surface area contributed by atoms with Crippen LogP contribution >= 0.6 is 0 Å². The van der Waals surface area contributed by atoms with E-state index in [0.29, 0.717) is 11.6 Å². The summed E-state index contributed by atoms with van der Waals surface area (Å²) >= 11 is 0. The number of nitrogens with one attached hydrogen (secondary N) is 1. The summed E-state index contributed by atoms with van der Waals surface area (Å²) in [5, 5.41) is 3.50. The van der Waals surface area contributed by atoms with Gasteiger partial charge in [-0.15, -0.1) is 0 Å². The van der Waals surface area contributed by atoms with Crippen LogP contribution in [0.5, 0.6) is 0 Å². The average molecular weight is 297 g/mol. The summed E-state index contributed by atoms with van der Waals surface area (Å²) in [6.45, 7) is 2.68. The highest BCUT2D eigenvalue weighted by Crippen LogP contribution is 2.17. The molecule has 0 heterocycles. The molecule has 3 nitrogen and oxygen atoms in total. The van der Waals surface area contributed by atoms with Crippen LogP contribution in [0.2, 0.25) is 0 Å². The van der Waals surface area contributed by atoms with Crippen LogP contribution in [0.4, 0.5) is 0 Å². The third kappa shape index (κ3) is 5.51. The summed E-state index contributed by atoms with van der Waals surface area (Å²) in [4.78, 5) is 11.9. The Morgan fingerprint density at radius 1 is 1.25 bits per heavy atom. The van der Waals surface area contributed by atoms with E-state index in [-0.39, 0.29) is 24.5 Å². The molecule has 1 aliphatic rings. The van der Waals surface area contributed by atoms with E-state index in [0.717, 1.165) is 6.54 Å². The molecule has 1 atom stereocenters. The maximum Gasteiger partial charge on any atom is 0.338 e. The van der Waals surface area contributed by atoms with E-state index >= 15 is 0 Å². The molecule has 1 unspecified atom stereocenters. The number of hydrogen-bond donors (Lipinski definition) is 1. The number of hydrogen-bond acceptors (Lipinski definition) is 3. The first-order valence-electron chi connectivity index (χ1n) is 7.25. The first-order valence-corrected chi connectivity index (χ1v) is 7.25. The van der Waals surface area contributed by atoms with Crippen molar-refractivity contribution < 1.29 is 21.9 Å². The van der Waals surface area contributed by atoms with Gasteiger partial charge in [-0.05, 0) is 31.9 Å². The molecule has 112 valence electrons. The van der Waals surface area contributed by atoms with Gasteiger partial charge in [0.15, 0.2) is 0 Å². The minimum Gasteiger partial charge on any atom is -1.00 e. The number of carbonyl (C=O) groups excluding carboxylic acids is 1. The Kier molecular flexibility index (Phi) is 7.63. The fourth-order valence-electron chi connectivity index (χ4n) is 2.51. The van der Waals surface area contributed by atoms with Crippen LogP contribution < -0.4 is 17.7 Å². The van der Waals surface area contributed by atoms with E-state index in [4.69, 9.17) is 4.74 Å². The second-order valence-corrected chi connectivity index (χ2v) is 5.33. The number of halogens is 1. The van der Waals surface area contributed by atoms with E-state index < -0.39 is 0 Å². The van der Waals surface area contributed by atoms with Gasteiger partial charge < -0.3 is 22.5 Å². The molecule has 0 aromatic heterocycles. The summed E-state index contributed by atoms with van der Waals surface area (Å²) < 4.78 is 5.43. The second kappa shape index (κ2) is 8.98. The molecule has 1 aromatic rings. The van der Waals surface area contributed by atoms with E-state index in [1.807, 2.05) is 25.1 Å². The molecular formula is C16H23ClNO2-. The van der Waals surface area contributed by atoms with Gasteiger partial charge in [0.1, 0.15) is 6.10 Å². The predicted octanol–water partition coefficient (Wildman–Crippen LogP) is 0.158. The maximum atomic E-state index is 11.9. The molecule has 0 aliphatic heterocycles. The Morgan fingerprint density at radius 2 is 1.90 bits per heavy atom. The van der Waals surface area contributed by atoms with Crippen molar-refractivity contribution >= 4 is 5.97 Å². The van der Waals surface area contributed by atoms with Crippen LogP contribution in [0, 0.1) is 0 Å². The van der Waals surface area contributed by atoms with Crippen LogP contribution in [0.15, 0.2) is 30.3 Å². The van der Waals surface area contributed by atoms with Crippen LogP contribution in [-0.2, 0) is 4.74 Å². The van der Waals surface area contributed by atoms with E-state index in [1.54, 1.807) is 12.1 Å². The molecule has 0 amide bonds. The quantitative estimate of drug-likeness (QED) is 0.787. The maximum absolute atomic E-state index is 11.9. The topological polar surface area (TPSA) is 38.3 Å². The Morgan fingerprint density at radius 3 is 2.55 bits per heavy atom. The zero-order valence-electron chi connectivity index (χ0n) is 12.0. The average Bonchev–Trinajstić information content (AvgIpc) is 2.47. The fraction of sp³-hybridized carbons (Fsp3) is 0.562. The normalized spacial score (nSPS) is 17.1. The molecule has 0 spiro atoms. The lowest BCUT2D eigenvalue weighted by Crippen LogP contribution is -3.00. The molecule has 0 bridgehead atoms. The van der Waals surface area contributed by atoms with Gasteiger partial charge in [-0.1, -0.05) is 37.5 Å². The summed E-state index contributed by atoms with van der Waals surface area (Å²) in [5.41, 5.74) is 0.618. The van der Waals surface area contributed by atoms with Crippen molar-refractivity contribution in [2.75, 3.05) is 6.54 Å². The number of benzene rings is 1. The summed E-state index contributed by atoms with van der Waals surface area (Å²) in [6, 6.07) is 9.76. The minimum atomic E-state index is -0.237. The van der Waals surface area contributed by atoms with Gasteiger partial charge in [0.25, 0.3) is 0 Å². The third-order valence-electron chi connectivity index (χ3n) is 3.62. The smallest absolute Gasteiger partial charge is 0.338 e.